The fraction of sp³-hybridized carbons (Fsp3) is 0.143. The lowest BCUT2D eigenvalue weighted by atomic mass is 10.1. The highest BCUT2D eigenvalue weighted by Crippen LogP contribution is 2.37. The molecule has 0 aliphatic rings. The number of nitrogens with one attached hydrogen (secondary N) is 2. The van der Waals surface area contributed by atoms with Crippen molar-refractivity contribution in [3.05, 3.63) is 82.3 Å². The van der Waals surface area contributed by atoms with Gasteiger partial charge in [-0.15, -0.1) is 0 Å². The van der Waals surface area contributed by atoms with E-state index in [9.17, 15) is 31.5 Å². The third kappa shape index (κ3) is 5.84. The number of halogens is 5. The van der Waals surface area contributed by atoms with Crippen molar-refractivity contribution in [1.29, 1.82) is 0 Å². The van der Waals surface area contributed by atoms with Crippen molar-refractivity contribution < 1.29 is 36.2 Å². The molecule has 0 spiro atoms. The molecule has 0 saturated carbocycles. The molecular formula is C21H15F5N2O4. The molecule has 6 nitrogen and oxygen atoms in total. The Labute approximate surface area is 177 Å². The molecule has 0 atom stereocenters. The summed E-state index contributed by atoms with van der Waals surface area (Å²) in [5.41, 5.74) is -2.09. The Morgan fingerprint density at radius 1 is 1.00 bits per heavy atom. The van der Waals surface area contributed by atoms with Gasteiger partial charge in [0.1, 0.15) is 12.4 Å². The van der Waals surface area contributed by atoms with Crippen molar-refractivity contribution in [3.8, 4) is 17.2 Å². The second-order valence-corrected chi connectivity index (χ2v) is 6.36. The molecule has 0 fully saturated rings. The van der Waals surface area contributed by atoms with Crippen LogP contribution in [0.4, 0.5) is 27.6 Å². The summed E-state index contributed by atoms with van der Waals surface area (Å²) in [5.74, 6) is -1.44. The summed E-state index contributed by atoms with van der Waals surface area (Å²) in [6.07, 6.45) is -6.25. The fourth-order valence-electron chi connectivity index (χ4n) is 2.62. The van der Waals surface area contributed by atoms with Crippen LogP contribution < -0.4 is 20.3 Å². The van der Waals surface area contributed by atoms with Crippen LogP contribution in [0.2, 0.25) is 0 Å². The Balaban J connectivity index is 1.97. The summed E-state index contributed by atoms with van der Waals surface area (Å²) in [5, 5.41) is 2.32. The molecule has 11 heteroatoms. The number of alkyl halides is 5. The van der Waals surface area contributed by atoms with Crippen molar-refractivity contribution in [1.82, 2.24) is 4.98 Å². The number of aromatic nitrogens is 1. The molecule has 2 N–H and O–H groups in total. The number of carbonyl (C=O) groups excluding carboxylic acids is 1. The predicted molar refractivity (Wildman–Crippen MR) is 104 cm³/mol. The van der Waals surface area contributed by atoms with E-state index < -0.39 is 41.8 Å². The molecule has 3 rings (SSSR count). The normalized spacial score (nSPS) is 11.3. The average Bonchev–Trinajstić information content (AvgIpc) is 2.72. The summed E-state index contributed by atoms with van der Waals surface area (Å²) in [6.45, 7) is -0.927. The van der Waals surface area contributed by atoms with Crippen molar-refractivity contribution >= 4 is 11.6 Å². The zero-order chi connectivity index (χ0) is 23.3. The number of aromatic amines is 1. The van der Waals surface area contributed by atoms with Gasteiger partial charge in [0.2, 0.25) is 5.56 Å². The van der Waals surface area contributed by atoms with E-state index in [4.69, 9.17) is 9.47 Å². The molecule has 0 aliphatic carbocycles. The maximum atomic E-state index is 13.2. The SMILES string of the molecule is O=C(Nc1cc[nH]c(=O)c1)c1cc(C(F)(F)F)ccc1Oc1ccccc1OCC(F)F. The van der Waals surface area contributed by atoms with Gasteiger partial charge < -0.3 is 19.8 Å². The van der Waals surface area contributed by atoms with E-state index in [-0.39, 0.29) is 22.9 Å². The second kappa shape index (κ2) is 9.50. The molecule has 2 aromatic carbocycles. The van der Waals surface area contributed by atoms with Crippen molar-refractivity contribution in [3.63, 3.8) is 0 Å². The minimum Gasteiger partial charge on any atom is -0.484 e. The molecule has 0 aliphatic heterocycles. The van der Waals surface area contributed by atoms with Crippen molar-refractivity contribution in [2.75, 3.05) is 11.9 Å². The first-order chi connectivity index (χ1) is 15.1. The van der Waals surface area contributed by atoms with E-state index in [1.807, 2.05) is 0 Å². The fourth-order valence-corrected chi connectivity index (χ4v) is 2.62. The molecule has 0 saturated heterocycles. The Morgan fingerprint density at radius 3 is 2.38 bits per heavy atom. The molecule has 0 unspecified atom stereocenters. The van der Waals surface area contributed by atoms with Crippen LogP contribution in [-0.4, -0.2) is 23.9 Å². The monoisotopic (exact) mass is 454 g/mol. The number of para-hydroxylation sites is 2. The summed E-state index contributed by atoms with van der Waals surface area (Å²) in [6, 6.07) is 10.3. The van der Waals surface area contributed by atoms with Crippen molar-refractivity contribution in [2.24, 2.45) is 0 Å². The number of rotatable bonds is 7. The quantitative estimate of drug-likeness (QED) is 0.488. The Bertz CT molecular complexity index is 1160. The number of hydrogen-bond donors (Lipinski definition) is 2. The van der Waals surface area contributed by atoms with Gasteiger partial charge in [0.25, 0.3) is 12.3 Å². The van der Waals surface area contributed by atoms with Gasteiger partial charge >= 0.3 is 6.18 Å². The first-order valence-electron chi connectivity index (χ1n) is 9.02. The maximum absolute atomic E-state index is 13.2. The van der Waals surface area contributed by atoms with E-state index in [1.165, 1.54) is 36.5 Å². The number of benzene rings is 2. The van der Waals surface area contributed by atoms with Crippen LogP contribution in [-0.2, 0) is 6.18 Å². The molecule has 1 heterocycles. The van der Waals surface area contributed by atoms with Gasteiger partial charge in [-0.2, -0.15) is 13.2 Å². The minimum absolute atomic E-state index is 0.0442. The highest BCUT2D eigenvalue weighted by molar-refractivity contribution is 6.06. The summed E-state index contributed by atoms with van der Waals surface area (Å²) in [7, 11) is 0. The van der Waals surface area contributed by atoms with E-state index in [1.54, 1.807) is 0 Å². The van der Waals surface area contributed by atoms with Gasteiger partial charge in [-0.05, 0) is 36.4 Å². The van der Waals surface area contributed by atoms with Crippen LogP contribution in [0.15, 0.2) is 65.6 Å². The van der Waals surface area contributed by atoms with Gasteiger partial charge in [0.05, 0.1) is 11.1 Å². The standard InChI is InChI=1S/C21H15F5N2O4/c22-18(23)11-31-16-3-1-2-4-17(16)32-15-6-5-12(21(24,25)26)9-14(15)20(30)28-13-7-8-27-19(29)10-13/h1-10,18H,11H2,(H2,27,28,29,30). The third-order valence-electron chi connectivity index (χ3n) is 4.02. The molecular weight excluding hydrogens is 439 g/mol. The highest BCUT2D eigenvalue weighted by Gasteiger charge is 2.32. The molecule has 168 valence electrons. The second-order valence-electron chi connectivity index (χ2n) is 6.36. The zero-order valence-electron chi connectivity index (χ0n) is 16.1. The largest absolute Gasteiger partial charge is 0.484 e. The molecule has 32 heavy (non-hydrogen) atoms. The third-order valence-corrected chi connectivity index (χ3v) is 4.02. The van der Waals surface area contributed by atoms with Crippen LogP contribution in [0.1, 0.15) is 15.9 Å². The molecule has 3 aromatic rings. The number of pyridine rings is 1. The van der Waals surface area contributed by atoms with E-state index in [0.717, 1.165) is 12.1 Å². The lowest BCUT2D eigenvalue weighted by Gasteiger charge is -2.16. The lowest BCUT2D eigenvalue weighted by molar-refractivity contribution is -0.137. The highest BCUT2D eigenvalue weighted by atomic mass is 19.4. The Hall–Kier alpha value is -3.89. The summed E-state index contributed by atoms with van der Waals surface area (Å²) < 4.78 is 75.1. The number of amides is 1. The van der Waals surface area contributed by atoms with Crippen LogP contribution in [0.25, 0.3) is 0 Å². The molecule has 1 amide bonds. The maximum Gasteiger partial charge on any atom is 0.416 e. The first kappa shape index (κ1) is 22.8. The molecule has 0 bridgehead atoms. The van der Waals surface area contributed by atoms with E-state index in [0.29, 0.717) is 12.1 Å². The van der Waals surface area contributed by atoms with Crippen LogP contribution >= 0.6 is 0 Å². The first-order valence-corrected chi connectivity index (χ1v) is 9.02. The van der Waals surface area contributed by atoms with Gasteiger partial charge in [-0.1, -0.05) is 12.1 Å². The number of hydrogen-bond acceptors (Lipinski definition) is 4. The summed E-state index contributed by atoms with van der Waals surface area (Å²) >= 11 is 0. The summed E-state index contributed by atoms with van der Waals surface area (Å²) in [4.78, 5) is 26.5. The van der Waals surface area contributed by atoms with Gasteiger partial charge in [-0.3, -0.25) is 9.59 Å². The number of ether oxygens (including phenoxy) is 2. The Kier molecular flexibility index (Phi) is 6.76. The molecule has 1 aromatic heterocycles. The van der Waals surface area contributed by atoms with Gasteiger partial charge in [0, 0.05) is 18.0 Å². The number of anilines is 1. The minimum atomic E-state index is -4.74. The van der Waals surface area contributed by atoms with Crippen LogP contribution in [0.3, 0.4) is 0 Å². The van der Waals surface area contributed by atoms with Gasteiger partial charge in [-0.25, -0.2) is 8.78 Å². The average molecular weight is 454 g/mol. The predicted octanol–water partition coefficient (Wildman–Crippen LogP) is 5.08. The molecule has 0 radical (unpaired) electrons. The smallest absolute Gasteiger partial charge is 0.416 e. The van der Waals surface area contributed by atoms with Crippen LogP contribution in [0.5, 0.6) is 17.2 Å². The Morgan fingerprint density at radius 2 is 1.72 bits per heavy atom. The van der Waals surface area contributed by atoms with Gasteiger partial charge in [0.15, 0.2) is 11.5 Å². The lowest BCUT2D eigenvalue weighted by Crippen LogP contribution is -2.17. The van der Waals surface area contributed by atoms with Crippen LogP contribution in [0, 0.1) is 0 Å². The van der Waals surface area contributed by atoms with E-state index in [2.05, 4.69) is 10.3 Å². The number of H-pyrrole nitrogens is 1. The number of carbonyl (C=O) groups is 1. The topological polar surface area (TPSA) is 80.4 Å². The van der Waals surface area contributed by atoms with Crippen molar-refractivity contribution in [2.45, 2.75) is 12.6 Å². The van der Waals surface area contributed by atoms with E-state index >= 15 is 0 Å². The zero-order valence-corrected chi connectivity index (χ0v) is 16.1.